The Hall–Kier alpha value is -3.73. The molecule has 2 aliphatic rings. The van der Waals surface area contributed by atoms with Crippen molar-refractivity contribution >= 4 is 16.8 Å². The Bertz CT molecular complexity index is 1600. The highest BCUT2D eigenvalue weighted by Gasteiger charge is 2.41. The van der Waals surface area contributed by atoms with Gasteiger partial charge in [-0.3, -0.25) is 9.48 Å². The number of benzene rings is 1. The summed E-state index contributed by atoms with van der Waals surface area (Å²) >= 11 is 0. The number of aromatic nitrogens is 5. The molecule has 39 heavy (non-hydrogen) atoms. The second-order valence-corrected chi connectivity index (χ2v) is 10.7. The molecule has 1 saturated heterocycles. The normalized spacial score (nSPS) is 19.2. The summed E-state index contributed by atoms with van der Waals surface area (Å²) in [5.41, 5.74) is 1.11. The minimum atomic E-state index is -2.86. The van der Waals surface area contributed by atoms with E-state index in [0.717, 1.165) is 0 Å². The Balaban J connectivity index is 1.64. The lowest BCUT2D eigenvalue weighted by Crippen LogP contribution is -2.42. The lowest BCUT2D eigenvalue weighted by Gasteiger charge is -2.37. The summed E-state index contributed by atoms with van der Waals surface area (Å²) in [6.07, 6.45) is 0.192. The van der Waals surface area contributed by atoms with Crippen LogP contribution in [0.5, 0.6) is 0 Å². The number of fused-ring (bicyclic) bond motifs is 2. The minimum absolute atomic E-state index is 0.0527. The van der Waals surface area contributed by atoms with Gasteiger partial charge in [-0.2, -0.15) is 5.10 Å². The molecule has 2 aliphatic heterocycles. The van der Waals surface area contributed by atoms with E-state index in [2.05, 4.69) is 17.0 Å². The molecule has 0 spiro atoms. The van der Waals surface area contributed by atoms with Gasteiger partial charge in [0.05, 0.1) is 23.4 Å². The fraction of sp³-hybridized carbons (Fsp3) is 0.429. The summed E-state index contributed by atoms with van der Waals surface area (Å²) in [5.74, 6) is 0.0311. The molecule has 0 radical (unpaired) electrons. The zero-order valence-electron chi connectivity index (χ0n) is 22.2. The van der Waals surface area contributed by atoms with Crippen molar-refractivity contribution in [3.63, 3.8) is 0 Å². The van der Waals surface area contributed by atoms with E-state index in [4.69, 9.17) is 9.72 Å². The highest BCUT2D eigenvalue weighted by molar-refractivity contribution is 5.97. The first kappa shape index (κ1) is 25.5. The molecule has 0 saturated carbocycles. The van der Waals surface area contributed by atoms with E-state index >= 15 is 4.39 Å². The maximum absolute atomic E-state index is 15.8. The van der Waals surface area contributed by atoms with Gasteiger partial charge in [-0.1, -0.05) is 6.92 Å². The van der Waals surface area contributed by atoms with Crippen molar-refractivity contribution in [3.05, 3.63) is 53.4 Å². The predicted octanol–water partition coefficient (Wildman–Crippen LogP) is 5.18. The molecule has 1 fully saturated rings. The molecular weight excluding hydrogens is 509 g/mol. The molecular formula is C28H29F3N6O2. The Kier molecular flexibility index (Phi) is 6.01. The molecule has 204 valence electrons. The van der Waals surface area contributed by atoms with Crippen LogP contribution in [0.25, 0.3) is 33.5 Å². The van der Waals surface area contributed by atoms with Gasteiger partial charge in [0.25, 0.3) is 6.43 Å². The number of rotatable bonds is 4. The molecule has 6 rings (SSSR count). The maximum Gasteiger partial charge on any atom is 0.266 e. The van der Waals surface area contributed by atoms with E-state index in [9.17, 15) is 13.6 Å². The molecule has 4 aromatic rings. The first-order valence-electron chi connectivity index (χ1n) is 12.9. The quantitative estimate of drug-likeness (QED) is 0.358. The first-order chi connectivity index (χ1) is 18.6. The van der Waals surface area contributed by atoms with Crippen molar-refractivity contribution in [2.24, 2.45) is 7.05 Å². The van der Waals surface area contributed by atoms with Crippen LogP contribution in [0.4, 0.5) is 13.2 Å². The average Bonchev–Trinajstić information content (AvgIpc) is 3.51. The number of ether oxygens (including phenoxy) is 1. The van der Waals surface area contributed by atoms with Gasteiger partial charge < -0.3 is 14.2 Å². The van der Waals surface area contributed by atoms with Crippen LogP contribution in [0.15, 0.2) is 30.5 Å². The fourth-order valence-corrected chi connectivity index (χ4v) is 5.83. The molecule has 11 heteroatoms. The van der Waals surface area contributed by atoms with Crippen molar-refractivity contribution in [3.8, 4) is 22.6 Å². The Morgan fingerprint density at radius 1 is 1.10 bits per heavy atom. The monoisotopic (exact) mass is 538 g/mol. The summed E-state index contributed by atoms with van der Waals surface area (Å²) in [6.45, 7) is 5.22. The zero-order chi connectivity index (χ0) is 27.6. The van der Waals surface area contributed by atoms with Crippen molar-refractivity contribution in [2.75, 3.05) is 20.3 Å². The van der Waals surface area contributed by atoms with Crippen molar-refractivity contribution < 1.29 is 22.7 Å². The van der Waals surface area contributed by atoms with E-state index in [-0.39, 0.29) is 34.7 Å². The third-order valence-corrected chi connectivity index (χ3v) is 8.06. The van der Waals surface area contributed by atoms with Crippen LogP contribution < -0.4 is 0 Å². The van der Waals surface area contributed by atoms with Gasteiger partial charge in [0.15, 0.2) is 0 Å². The van der Waals surface area contributed by atoms with Crippen LogP contribution >= 0.6 is 0 Å². The number of amides is 1. The van der Waals surface area contributed by atoms with Gasteiger partial charge in [-0.15, -0.1) is 0 Å². The van der Waals surface area contributed by atoms with E-state index in [1.54, 1.807) is 31.3 Å². The van der Waals surface area contributed by atoms with Crippen LogP contribution in [0.1, 0.15) is 56.2 Å². The van der Waals surface area contributed by atoms with E-state index in [0.29, 0.717) is 54.5 Å². The number of hydrogen-bond acceptors (Lipinski definition) is 5. The van der Waals surface area contributed by atoms with Gasteiger partial charge in [0.1, 0.15) is 29.1 Å². The van der Waals surface area contributed by atoms with Crippen LogP contribution in [0, 0.1) is 5.82 Å². The van der Waals surface area contributed by atoms with Crippen LogP contribution in [-0.2, 0) is 28.5 Å². The molecule has 0 bridgehead atoms. The van der Waals surface area contributed by atoms with E-state index in [1.165, 1.54) is 22.9 Å². The summed E-state index contributed by atoms with van der Waals surface area (Å²) in [4.78, 5) is 24.2. The lowest BCUT2D eigenvalue weighted by molar-refractivity contribution is -0.135. The number of carbonyl (C=O) groups is 1. The second-order valence-electron chi connectivity index (χ2n) is 10.7. The number of hydrogen-bond donors (Lipinski definition) is 0. The van der Waals surface area contributed by atoms with Gasteiger partial charge >= 0.3 is 0 Å². The largest absolute Gasteiger partial charge is 0.381 e. The van der Waals surface area contributed by atoms with Gasteiger partial charge in [-0.05, 0) is 44.0 Å². The number of likely N-dealkylation sites (N-methyl/N-ethyl adjacent to an activating group) is 1. The Morgan fingerprint density at radius 3 is 2.51 bits per heavy atom. The molecule has 0 unspecified atom stereocenters. The molecule has 5 heterocycles. The van der Waals surface area contributed by atoms with Crippen molar-refractivity contribution in [2.45, 2.75) is 51.1 Å². The predicted molar refractivity (Wildman–Crippen MR) is 139 cm³/mol. The Morgan fingerprint density at radius 2 is 1.85 bits per heavy atom. The van der Waals surface area contributed by atoms with Crippen molar-refractivity contribution in [1.29, 1.82) is 0 Å². The topological polar surface area (TPSA) is 78.1 Å². The highest BCUT2D eigenvalue weighted by atomic mass is 19.3. The highest BCUT2D eigenvalue weighted by Crippen LogP contribution is 2.43. The molecule has 0 aliphatic carbocycles. The number of halogens is 3. The molecule has 1 atom stereocenters. The van der Waals surface area contributed by atoms with Gasteiger partial charge in [-0.25, -0.2) is 23.1 Å². The number of nitrogens with zero attached hydrogens (tertiary/aromatic N) is 6. The summed E-state index contributed by atoms with van der Waals surface area (Å²) in [7, 11) is 3.39. The third-order valence-electron chi connectivity index (χ3n) is 8.06. The van der Waals surface area contributed by atoms with Crippen LogP contribution in [0.2, 0.25) is 0 Å². The smallest absolute Gasteiger partial charge is 0.266 e. The number of alkyl halides is 2. The van der Waals surface area contributed by atoms with Gasteiger partial charge in [0, 0.05) is 55.4 Å². The van der Waals surface area contributed by atoms with Crippen molar-refractivity contribution in [1.82, 2.24) is 29.2 Å². The van der Waals surface area contributed by atoms with E-state index < -0.39 is 23.7 Å². The lowest BCUT2D eigenvalue weighted by atomic mass is 9.81. The number of pyridine rings is 1. The van der Waals surface area contributed by atoms with Gasteiger partial charge in [0.2, 0.25) is 5.91 Å². The standard InChI is InChI=1S/C28H29F3N6O2/c1-15-26(38)35(3)14-21-24(33-27(37(15)21)28(2)8-11-39-12-9-28)22-16-13-17(25(30)31)23(20-7-10-36(4)34-20)32-19(16)6-5-18(22)29/h5-7,10,13,15,25H,8-9,11-12,14H2,1-4H3/t15-/m0/s1. The van der Waals surface area contributed by atoms with Crippen LogP contribution in [0.3, 0.4) is 0 Å². The zero-order valence-corrected chi connectivity index (χ0v) is 22.2. The maximum atomic E-state index is 15.8. The number of carbonyl (C=O) groups excluding carboxylic acids is 1. The molecule has 1 amide bonds. The molecule has 8 nitrogen and oxygen atoms in total. The summed E-state index contributed by atoms with van der Waals surface area (Å²) < 4.78 is 53.5. The first-order valence-corrected chi connectivity index (χ1v) is 12.9. The summed E-state index contributed by atoms with van der Waals surface area (Å²) in [5, 5.41) is 4.49. The number of aryl methyl sites for hydroxylation is 1. The molecule has 0 N–H and O–H groups in total. The second kappa shape index (κ2) is 9.18. The Labute approximate surface area is 223 Å². The van der Waals surface area contributed by atoms with Crippen LogP contribution in [-0.4, -0.2) is 55.4 Å². The molecule has 1 aromatic carbocycles. The fourth-order valence-electron chi connectivity index (χ4n) is 5.83. The SMILES string of the molecule is C[C@H]1C(=O)N(C)Cc2c(-c3c(F)ccc4nc(-c5ccn(C)n5)c(C(F)F)cc34)nc(C3(C)CCOCC3)n21. The van der Waals surface area contributed by atoms with E-state index in [1.807, 2.05) is 11.5 Å². The number of imidazole rings is 1. The average molecular weight is 539 g/mol. The third kappa shape index (κ3) is 4.02. The molecule has 3 aromatic heterocycles. The minimum Gasteiger partial charge on any atom is -0.381 e. The summed E-state index contributed by atoms with van der Waals surface area (Å²) in [6, 6.07) is 5.15.